The lowest BCUT2D eigenvalue weighted by Gasteiger charge is -2.28. The van der Waals surface area contributed by atoms with Gasteiger partial charge in [-0.25, -0.2) is 8.42 Å². The Morgan fingerprint density at radius 1 is 1.21 bits per heavy atom. The second-order valence-electron chi connectivity index (χ2n) is 8.61. The molecule has 3 fully saturated rings. The number of hydrogen-bond donors (Lipinski definition) is 1. The lowest BCUT2D eigenvalue weighted by atomic mass is 9.75. The van der Waals surface area contributed by atoms with E-state index in [-0.39, 0.29) is 22.3 Å². The summed E-state index contributed by atoms with van der Waals surface area (Å²) in [6.07, 6.45) is 2.53. The molecule has 0 radical (unpaired) electrons. The molecule has 3 aliphatic rings. The summed E-state index contributed by atoms with van der Waals surface area (Å²) in [5.41, 5.74) is 0.493. The number of rotatable bonds is 4. The van der Waals surface area contributed by atoms with E-state index >= 15 is 0 Å². The number of anilines is 1. The molecule has 3 saturated heterocycles. The zero-order chi connectivity index (χ0) is 20.2. The molecule has 1 amide bonds. The van der Waals surface area contributed by atoms with Gasteiger partial charge in [0.25, 0.3) is 0 Å². The molecule has 1 N–H and O–H groups in total. The first kappa shape index (κ1) is 19.8. The number of fused-ring (bicyclic) bond motifs is 2. The molecule has 1 aromatic carbocycles. The number of amides is 1. The van der Waals surface area contributed by atoms with Gasteiger partial charge in [0, 0.05) is 18.8 Å². The molecule has 3 aliphatic heterocycles. The lowest BCUT2D eigenvalue weighted by Crippen LogP contribution is -2.41. The second-order valence-corrected chi connectivity index (χ2v) is 10.5. The van der Waals surface area contributed by atoms with Crippen molar-refractivity contribution in [3.05, 3.63) is 23.8 Å². The Kier molecular flexibility index (Phi) is 4.81. The van der Waals surface area contributed by atoms with Gasteiger partial charge in [-0.15, -0.1) is 0 Å². The second kappa shape index (κ2) is 6.79. The number of nitrogens with zero attached hydrogens (tertiary/aromatic N) is 1. The van der Waals surface area contributed by atoms with E-state index in [9.17, 15) is 13.2 Å². The van der Waals surface area contributed by atoms with Crippen LogP contribution in [0.25, 0.3) is 0 Å². The van der Waals surface area contributed by atoms with E-state index in [0.29, 0.717) is 44.0 Å². The first-order valence-corrected chi connectivity index (χ1v) is 11.3. The number of carbonyl (C=O) groups excluding carboxylic acids is 1. The van der Waals surface area contributed by atoms with Gasteiger partial charge in [0.15, 0.2) is 0 Å². The summed E-state index contributed by atoms with van der Waals surface area (Å²) in [7, 11) is -3.62. The van der Waals surface area contributed by atoms with Crippen LogP contribution in [0.4, 0.5) is 5.69 Å². The third kappa shape index (κ3) is 3.36. The lowest BCUT2D eigenvalue weighted by molar-refractivity contribution is -0.124. The Balaban J connectivity index is 1.55. The van der Waals surface area contributed by atoms with Crippen molar-refractivity contribution in [2.45, 2.75) is 56.1 Å². The van der Waals surface area contributed by atoms with Gasteiger partial charge in [-0.05, 0) is 57.7 Å². The van der Waals surface area contributed by atoms with Crippen LogP contribution in [0.15, 0.2) is 23.1 Å². The SMILES string of the molecule is Cc1ccc(NC(=O)[C@H]2C[C@@]3(C)CC[C@]2(C)O3)cc1S(=O)(=O)N1CCOCC1. The summed E-state index contributed by atoms with van der Waals surface area (Å²) in [6, 6.07) is 5.06. The molecule has 154 valence electrons. The molecule has 1 aromatic rings. The smallest absolute Gasteiger partial charge is 0.243 e. The van der Waals surface area contributed by atoms with Crippen LogP contribution in [0.1, 0.15) is 38.7 Å². The van der Waals surface area contributed by atoms with Gasteiger partial charge < -0.3 is 14.8 Å². The average Bonchev–Trinajstić information content (AvgIpc) is 3.12. The first-order chi connectivity index (χ1) is 13.1. The van der Waals surface area contributed by atoms with Crippen LogP contribution in [0, 0.1) is 12.8 Å². The highest BCUT2D eigenvalue weighted by Gasteiger charge is 2.59. The predicted octanol–water partition coefficient (Wildman–Crippen LogP) is 2.30. The van der Waals surface area contributed by atoms with E-state index in [1.165, 1.54) is 4.31 Å². The Hall–Kier alpha value is -1.48. The average molecular weight is 409 g/mol. The number of ether oxygens (including phenoxy) is 2. The molecule has 0 spiro atoms. The topological polar surface area (TPSA) is 84.9 Å². The van der Waals surface area contributed by atoms with Crippen molar-refractivity contribution in [2.24, 2.45) is 5.92 Å². The molecule has 8 heteroatoms. The third-order valence-corrected chi connectivity index (χ3v) is 8.40. The Morgan fingerprint density at radius 2 is 1.93 bits per heavy atom. The number of sulfonamides is 1. The van der Waals surface area contributed by atoms with Gasteiger partial charge in [0.2, 0.25) is 15.9 Å². The number of carbonyl (C=O) groups is 1. The highest BCUT2D eigenvalue weighted by Crippen LogP contribution is 2.54. The van der Waals surface area contributed by atoms with Crippen LogP contribution in [0.3, 0.4) is 0 Å². The van der Waals surface area contributed by atoms with Gasteiger partial charge in [-0.3, -0.25) is 4.79 Å². The van der Waals surface area contributed by atoms with Crippen LogP contribution in [0.5, 0.6) is 0 Å². The van der Waals surface area contributed by atoms with Gasteiger partial charge in [0.1, 0.15) is 0 Å². The summed E-state index contributed by atoms with van der Waals surface area (Å²) in [4.78, 5) is 13.2. The summed E-state index contributed by atoms with van der Waals surface area (Å²) >= 11 is 0. The minimum atomic E-state index is -3.62. The summed E-state index contributed by atoms with van der Waals surface area (Å²) in [5.74, 6) is -0.337. The molecule has 0 saturated carbocycles. The molecule has 3 atom stereocenters. The number of morpholine rings is 1. The minimum Gasteiger partial charge on any atom is -0.379 e. The molecular weight excluding hydrogens is 380 g/mol. The summed E-state index contributed by atoms with van der Waals surface area (Å²) in [6.45, 7) is 7.30. The maximum absolute atomic E-state index is 13.0. The minimum absolute atomic E-state index is 0.107. The van der Waals surface area contributed by atoms with Crippen molar-refractivity contribution >= 4 is 21.6 Å². The number of nitrogens with one attached hydrogen (secondary N) is 1. The van der Waals surface area contributed by atoms with Crippen molar-refractivity contribution in [1.82, 2.24) is 4.31 Å². The summed E-state index contributed by atoms with van der Waals surface area (Å²) < 4.78 is 38.9. The first-order valence-electron chi connectivity index (χ1n) is 9.83. The zero-order valence-corrected chi connectivity index (χ0v) is 17.5. The molecule has 3 heterocycles. The zero-order valence-electron chi connectivity index (χ0n) is 16.7. The standard InChI is InChI=1S/C20H28N2O5S/c1-14-4-5-15(12-17(14)28(24,25)22-8-10-26-11-9-22)21-18(23)16-13-19(2)6-7-20(16,3)27-19/h4-5,12,16H,6-11,13H2,1-3H3,(H,21,23)/t16-,19-,20+/m1/s1. The van der Waals surface area contributed by atoms with Gasteiger partial charge >= 0.3 is 0 Å². The van der Waals surface area contributed by atoms with Crippen LogP contribution < -0.4 is 5.32 Å². The van der Waals surface area contributed by atoms with E-state index in [1.54, 1.807) is 25.1 Å². The van der Waals surface area contributed by atoms with E-state index in [4.69, 9.17) is 9.47 Å². The molecule has 4 rings (SSSR count). The molecule has 28 heavy (non-hydrogen) atoms. The largest absolute Gasteiger partial charge is 0.379 e. The normalized spacial score (nSPS) is 33.2. The third-order valence-electron chi connectivity index (χ3n) is 6.36. The van der Waals surface area contributed by atoms with Crippen molar-refractivity contribution in [2.75, 3.05) is 31.6 Å². The molecule has 0 unspecified atom stereocenters. The fourth-order valence-corrected chi connectivity index (χ4v) is 6.35. The predicted molar refractivity (Wildman–Crippen MR) is 105 cm³/mol. The number of hydrogen-bond acceptors (Lipinski definition) is 5. The van der Waals surface area contributed by atoms with Crippen LogP contribution in [0.2, 0.25) is 0 Å². The molecule has 0 aliphatic carbocycles. The summed E-state index contributed by atoms with van der Waals surface area (Å²) in [5, 5.41) is 2.93. The number of aryl methyl sites for hydroxylation is 1. The molecule has 0 aromatic heterocycles. The Labute approximate surface area is 166 Å². The maximum Gasteiger partial charge on any atom is 0.243 e. The highest BCUT2D eigenvalue weighted by molar-refractivity contribution is 7.89. The quantitative estimate of drug-likeness (QED) is 0.826. The molecular formula is C20H28N2O5S. The van der Waals surface area contributed by atoms with Crippen LogP contribution in [-0.4, -0.2) is 56.1 Å². The van der Waals surface area contributed by atoms with E-state index in [2.05, 4.69) is 12.2 Å². The molecule has 7 nitrogen and oxygen atoms in total. The van der Waals surface area contributed by atoms with Gasteiger partial charge in [-0.1, -0.05) is 6.07 Å². The fourth-order valence-electron chi connectivity index (χ4n) is 4.70. The van der Waals surface area contributed by atoms with Gasteiger partial charge in [0.05, 0.1) is 35.2 Å². The number of benzene rings is 1. The fraction of sp³-hybridized carbons (Fsp3) is 0.650. The Bertz CT molecular complexity index is 896. The highest BCUT2D eigenvalue weighted by atomic mass is 32.2. The Morgan fingerprint density at radius 3 is 2.54 bits per heavy atom. The van der Waals surface area contributed by atoms with E-state index < -0.39 is 15.6 Å². The van der Waals surface area contributed by atoms with Crippen molar-refractivity contribution < 1.29 is 22.7 Å². The van der Waals surface area contributed by atoms with E-state index in [0.717, 1.165) is 12.8 Å². The molecule has 2 bridgehead atoms. The van der Waals surface area contributed by atoms with Crippen molar-refractivity contribution in [3.63, 3.8) is 0 Å². The maximum atomic E-state index is 13.0. The van der Waals surface area contributed by atoms with Crippen molar-refractivity contribution in [1.29, 1.82) is 0 Å². The van der Waals surface area contributed by atoms with E-state index in [1.807, 2.05) is 6.92 Å². The van der Waals surface area contributed by atoms with Crippen molar-refractivity contribution in [3.8, 4) is 0 Å². The van der Waals surface area contributed by atoms with Crippen LogP contribution in [-0.2, 0) is 24.3 Å². The van der Waals surface area contributed by atoms with Crippen LogP contribution >= 0.6 is 0 Å². The monoisotopic (exact) mass is 408 g/mol. The van der Waals surface area contributed by atoms with Gasteiger partial charge in [-0.2, -0.15) is 4.31 Å².